The first-order valence-corrected chi connectivity index (χ1v) is 8.04. The summed E-state index contributed by atoms with van der Waals surface area (Å²) in [5.74, 6) is 1.01. The Morgan fingerprint density at radius 3 is 2.52 bits per heavy atom. The molecule has 2 rings (SSSR count). The number of benzene rings is 1. The van der Waals surface area contributed by atoms with Crippen molar-refractivity contribution in [1.29, 1.82) is 0 Å². The molecule has 1 aromatic carbocycles. The number of hydrogen-bond acceptors (Lipinski definition) is 4. The molecule has 1 saturated heterocycles. The maximum Gasteiger partial charge on any atom is 0.410 e. The van der Waals surface area contributed by atoms with Gasteiger partial charge in [-0.3, -0.25) is 4.79 Å². The molecule has 0 saturated carbocycles. The molecule has 0 unspecified atom stereocenters. The Hall–Kier alpha value is -2.04. The van der Waals surface area contributed by atoms with E-state index in [-0.39, 0.29) is 6.09 Å². The summed E-state index contributed by atoms with van der Waals surface area (Å²) in [7, 11) is 0. The first-order chi connectivity index (χ1) is 10.9. The van der Waals surface area contributed by atoms with Gasteiger partial charge in [-0.15, -0.1) is 0 Å². The molecule has 1 fully saturated rings. The largest absolute Gasteiger partial charge is 0.493 e. The summed E-state index contributed by atoms with van der Waals surface area (Å²) in [5, 5.41) is 0. The lowest BCUT2D eigenvalue weighted by Crippen LogP contribution is -2.42. The van der Waals surface area contributed by atoms with Gasteiger partial charge in [0.25, 0.3) is 0 Å². The molecule has 0 spiro atoms. The van der Waals surface area contributed by atoms with Crippen LogP contribution in [0.2, 0.25) is 0 Å². The van der Waals surface area contributed by atoms with Crippen LogP contribution < -0.4 is 4.74 Å². The van der Waals surface area contributed by atoms with E-state index in [4.69, 9.17) is 9.47 Å². The van der Waals surface area contributed by atoms with E-state index in [0.29, 0.717) is 36.9 Å². The quantitative estimate of drug-likeness (QED) is 0.797. The molecule has 1 aliphatic heterocycles. The summed E-state index contributed by atoms with van der Waals surface area (Å²) >= 11 is 0. The number of carbonyl (C=O) groups excluding carboxylic acids is 2. The smallest absolute Gasteiger partial charge is 0.410 e. The number of rotatable bonds is 4. The monoisotopic (exact) mass is 319 g/mol. The van der Waals surface area contributed by atoms with Gasteiger partial charge < -0.3 is 14.4 Å². The van der Waals surface area contributed by atoms with Crippen LogP contribution in [-0.4, -0.2) is 42.6 Å². The van der Waals surface area contributed by atoms with Crippen molar-refractivity contribution in [1.82, 2.24) is 4.90 Å². The zero-order valence-electron chi connectivity index (χ0n) is 14.1. The molecule has 5 heteroatoms. The zero-order chi connectivity index (χ0) is 16.9. The number of likely N-dealkylation sites (tertiary alicyclic amines) is 1. The maximum absolute atomic E-state index is 12.0. The summed E-state index contributed by atoms with van der Waals surface area (Å²) < 4.78 is 11.2. The highest BCUT2D eigenvalue weighted by atomic mass is 16.6. The summed E-state index contributed by atoms with van der Waals surface area (Å²) in [6.07, 6.45) is 2.31. The standard InChI is InChI=1S/C18H25NO4/c1-18(2,3)23-17(21)19-10-8-14(9-11-19)13-22-16-7-5-4-6-15(16)12-20/h4-7,12,14H,8-11,13H2,1-3H3. The number of aldehydes is 1. The van der Waals surface area contributed by atoms with E-state index in [1.54, 1.807) is 17.0 Å². The number of amides is 1. The first kappa shape index (κ1) is 17.3. The Balaban J connectivity index is 1.79. The van der Waals surface area contributed by atoms with E-state index in [1.165, 1.54) is 0 Å². The molecule has 1 heterocycles. The van der Waals surface area contributed by atoms with Gasteiger partial charge in [-0.2, -0.15) is 0 Å². The number of nitrogens with zero attached hydrogens (tertiary/aromatic N) is 1. The summed E-state index contributed by atoms with van der Waals surface area (Å²) in [4.78, 5) is 24.7. The molecule has 0 bridgehead atoms. The molecule has 1 aromatic rings. The highest BCUT2D eigenvalue weighted by Crippen LogP contribution is 2.22. The number of para-hydroxylation sites is 1. The van der Waals surface area contributed by atoms with Crippen molar-refractivity contribution >= 4 is 12.4 Å². The van der Waals surface area contributed by atoms with Gasteiger partial charge in [0.15, 0.2) is 6.29 Å². The van der Waals surface area contributed by atoms with E-state index in [0.717, 1.165) is 19.1 Å². The molecule has 23 heavy (non-hydrogen) atoms. The molecule has 126 valence electrons. The molecule has 0 aliphatic carbocycles. The topological polar surface area (TPSA) is 55.8 Å². The predicted octanol–water partition coefficient (Wildman–Crippen LogP) is 3.53. The number of carbonyl (C=O) groups is 2. The third-order valence-electron chi connectivity index (χ3n) is 3.79. The van der Waals surface area contributed by atoms with Crippen molar-refractivity contribution < 1.29 is 19.1 Å². The molecular formula is C18H25NO4. The summed E-state index contributed by atoms with van der Waals surface area (Å²) in [6, 6.07) is 7.22. The molecule has 1 aliphatic rings. The summed E-state index contributed by atoms with van der Waals surface area (Å²) in [5.41, 5.74) is 0.106. The summed E-state index contributed by atoms with van der Waals surface area (Å²) in [6.45, 7) is 7.53. The molecule has 0 N–H and O–H groups in total. The lowest BCUT2D eigenvalue weighted by molar-refractivity contribution is 0.0164. The van der Waals surface area contributed by atoms with Crippen LogP contribution in [0.25, 0.3) is 0 Å². The van der Waals surface area contributed by atoms with Gasteiger partial charge in [0.1, 0.15) is 11.4 Å². The highest BCUT2D eigenvalue weighted by Gasteiger charge is 2.27. The van der Waals surface area contributed by atoms with Crippen LogP contribution >= 0.6 is 0 Å². The number of ether oxygens (including phenoxy) is 2. The first-order valence-electron chi connectivity index (χ1n) is 8.04. The minimum absolute atomic E-state index is 0.247. The number of piperidine rings is 1. The predicted molar refractivity (Wildman–Crippen MR) is 87.9 cm³/mol. The lowest BCUT2D eigenvalue weighted by Gasteiger charge is -2.33. The van der Waals surface area contributed by atoms with Crippen LogP contribution in [0.5, 0.6) is 5.75 Å². The minimum atomic E-state index is -0.463. The molecule has 0 atom stereocenters. The number of hydrogen-bond donors (Lipinski definition) is 0. The van der Waals surface area contributed by atoms with Crippen LogP contribution in [0.1, 0.15) is 44.0 Å². The van der Waals surface area contributed by atoms with Crippen molar-refractivity contribution in [2.45, 2.75) is 39.2 Å². The van der Waals surface area contributed by atoms with Crippen LogP contribution in [-0.2, 0) is 4.74 Å². The van der Waals surface area contributed by atoms with E-state index in [2.05, 4.69) is 0 Å². The van der Waals surface area contributed by atoms with Gasteiger partial charge in [-0.25, -0.2) is 4.79 Å². The van der Waals surface area contributed by atoms with Gasteiger partial charge in [-0.1, -0.05) is 12.1 Å². The second kappa shape index (κ2) is 7.49. The lowest BCUT2D eigenvalue weighted by atomic mass is 9.98. The van der Waals surface area contributed by atoms with Crippen molar-refractivity contribution in [3.05, 3.63) is 29.8 Å². The van der Waals surface area contributed by atoms with Crippen molar-refractivity contribution in [2.24, 2.45) is 5.92 Å². The third-order valence-corrected chi connectivity index (χ3v) is 3.79. The van der Waals surface area contributed by atoms with E-state index < -0.39 is 5.60 Å². The highest BCUT2D eigenvalue weighted by molar-refractivity contribution is 5.79. The Morgan fingerprint density at radius 1 is 1.26 bits per heavy atom. The molecule has 5 nitrogen and oxygen atoms in total. The Kier molecular flexibility index (Phi) is 5.64. The van der Waals surface area contributed by atoms with Crippen molar-refractivity contribution in [3.8, 4) is 5.75 Å². The van der Waals surface area contributed by atoms with E-state index >= 15 is 0 Å². The van der Waals surface area contributed by atoms with Crippen LogP contribution in [0.3, 0.4) is 0 Å². The maximum atomic E-state index is 12.0. The molecular weight excluding hydrogens is 294 g/mol. The van der Waals surface area contributed by atoms with Gasteiger partial charge >= 0.3 is 6.09 Å². The van der Waals surface area contributed by atoms with Crippen LogP contribution in [0, 0.1) is 5.92 Å². The van der Waals surface area contributed by atoms with E-state index in [1.807, 2.05) is 32.9 Å². The Bertz CT molecular complexity index is 542. The molecule has 1 amide bonds. The third kappa shape index (κ3) is 5.27. The second-order valence-electron chi connectivity index (χ2n) is 6.88. The van der Waals surface area contributed by atoms with Crippen molar-refractivity contribution in [2.75, 3.05) is 19.7 Å². The Morgan fingerprint density at radius 2 is 1.91 bits per heavy atom. The minimum Gasteiger partial charge on any atom is -0.493 e. The van der Waals surface area contributed by atoms with E-state index in [9.17, 15) is 9.59 Å². The van der Waals surface area contributed by atoms with Gasteiger partial charge in [0.2, 0.25) is 0 Å². The second-order valence-corrected chi connectivity index (χ2v) is 6.88. The zero-order valence-corrected chi connectivity index (χ0v) is 14.1. The van der Waals surface area contributed by atoms with Crippen LogP contribution in [0.15, 0.2) is 24.3 Å². The van der Waals surface area contributed by atoms with Gasteiger partial charge in [0.05, 0.1) is 12.2 Å². The SMILES string of the molecule is CC(C)(C)OC(=O)N1CCC(COc2ccccc2C=O)CC1. The van der Waals surface area contributed by atoms with Gasteiger partial charge in [0, 0.05) is 13.1 Å². The van der Waals surface area contributed by atoms with Crippen LogP contribution in [0.4, 0.5) is 4.79 Å². The fourth-order valence-corrected chi connectivity index (χ4v) is 2.53. The normalized spacial score (nSPS) is 16.0. The fourth-order valence-electron chi connectivity index (χ4n) is 2.53. The average molecular weight is 319 g/mol. The molecule has 0 aromatic heterocycles. The van der Waals surface area contributed by atoms with Gasteiger partial charge in [-0.05, 0) is 51.7 Å². The van der Waals surface area contributed by atoms with Crippen molar-refractivity contribution in [3.63, 3.8) is 0 Å². The average Bonchev–Trinajstić information content (AvgIpc) is 2.52. The fraction of sp³-hybridized carbons (Fsp3) is 0.556. The molecule has 0 radical (unpaired) electrons. The Labute approximate surface area is 137 Å².